The predicted molar refractivity (Wildman–Crippen MR) is 85.9 cm³/mol. The lowest BCUT2D eigenvalue weighted by atomic mass is 9.90. The van der Waals surface area contributed by atoms with E-state index < -0.39 is 15.7 Å². The fraction of sp³-hybridized carbons (Fsp3) is 0.600. The number of methoxy groups -OCH3 is 2. The van der Waals surface area contributed by atoms with E-state index in [9.17, 15) is 8.42 Å². The molecule has 0 saturated heterocycles. The van der Waals surface area contributed by atoms with Crippen molar-refractivity contribution in [3.63, 3.8) is 0 Å². The van der Waals surface area contributed by atoms with Crippen molar-refractivity contribution >= 4 is 10.1 Å². The summed E-state index contributed by atoms with van der Waals surface area (Å²) in [6.45, 7) is 4.39. The standard InChI is InChI=1S/C15H25NO5S/c1-15(2,16-10-7-11-22(17,18)19)14(21-4)12-8-5-6-9-13(12)20-3/h5-6,8-9,14,16H,7,10-11H2,1-4H3,(H,17,18,19). The molecule has 0 fully saturated rings. The summed E-state index contributed by atoms with van der Waals surface area (Å²) in [5, 5.41) is 3.28. The second-order valence-corrected chi connectivity index (χ2v) is 7.22. The zero-order valence-corrected chi connectivity index (χ0v) is 14.3. The molecule has 0 radical (unpaired) electrons. The third-order valence-corrected chi connectivity index (χ3v) is 4.28. The van der Waals surface area contributed by atoms with Gasteiger partial charge in [0.15, 0.2) is 0 Å². The van der Waals surface area contributed by atoms with Gasteiger partial charge in [-0.15, -0.1) is 0 Å². The Morgan fingerprint density at radius 1 is 1.27 bits per heavy atom. The van der Waals surface area contributed by atoms with E-state index in [-0.39, 0.29) is 11.9 Å². The second-order valence-electron chi connectivity index (χ2n) is 5.65. The van der Waals surface area contributed by atoms with Crippen molar-refractivity contribution in [1.82, 2.24) is 5.32 Å². The molecule has 0 heterocycles. The highest BCUT2D eigenvalue weighted by molar-refractivity contribution is 7.85. The summed E-state index contributed by atoms with van der Waals surface area (Å²) in [5.74, 6) is 0.477. The smallest absolute Gasteiger partial charge is 0.264 e. The van der Waals surface area contributed by atoms with Crippen LogP contribution >= 0.6 is 0 Å². The Morgan fingerprint density at radius 3 is 2.45 bits per heavy atom. The summed E-state index contributed by atoms with van der Waals surface area (Å²) in [6.07, 6.45) is 0.0549. The zero-order valence-electron chi connectivity index (χ0n) is 13.5. The van der Waals surface area contributed by atoms with E-state index in [1.807, 2.05) is 38.1 Å². The zero-order chi connectivity index (χ0) is 16.8. The number of hydrogen-bond donors (Lipinski definition) is 2. The van der Waals surface area contributed by atoms with Crippen molar-refractivity contribution in [3.05, 3.63) is 29.8 Å². The van der Waals surface area contributed by atoms with Gasteiger partial charge in [-0.05, 0) is 32.9 Å². The molecule has 0 bridgehead atoms. The van der Waals surface area contributed by atoms with Crippen LogP contribution < -0.4 is 10.1 Å². The van der Waals surface area contributed by atoms with Crippen molar-refractivity contribution in [2.45, 2.75) is 31.9 Å². The van der Waals surface area contributed by atoms with Gasteiger partial charge in [0.05, 0.1) is 12.9 Å². The van der Waals surface area contributed by atoms with Crippen molar-refractivity contribution in [2.24, 2.45) is 0 Å². The summed E-state index contributed by atoms with van der Waals surface area (Å²) in [6, 6.07) is 7.62. The first-order valence-corrected chi connectivity index (χ1v) is 8.68. The number of ether oxygens (including phenoxy) is 2. The molecule has 1 atom stereocenters. The maximum absolute atomic E-state index is 10.7. The normalized spacial score (nSPS) is 13.9. The van der Waals surface area contributed by atoms with Crippen LogP contribution in [0.4, 0.5) is 0 Å². The molecule has 0 aliphatic heterocycles. The third kappa shape index (κ3) is 5.57. The maximum atomic E-state index is 10.7. The van der Waals surface area contributed by atoms with E-state index >= 15 is 0 Å². The van der Waals surface area contributed by atoms with Crippen LogP contribution in [0.25, 0.3) is 0 Å². The summed E-state index contributed by atoms with van der Waals surface area (Å²) in [7, 11) is -0.689. The summed E-state index contributed by atoms with van der Waals surface area (Å²) < 4.78 is 41.2. The molecule has 0 amide bonds. The molecule has 0 aliphatic rings. The van der Waals surface area contributed by atoms with Crippen molar-refractivity contribution in [1.29, 1.82) is 0 Å². The van der Waals surface area contributed by atoms with Gasteiger partial charge in [0.2, 0.25) is 0 Å². The van der Waals surface area contributed by atoms with Crippen LogP contribution in [0, 0.1) is 0 Å². The molecule has 1 aromatic carbocycles. The Bertz CT molecular complexity index is 571. The molecule has 22 heavy (non-hydrogen) atoms. The number of benzene rings is 1. The van der Waals surface area contributed by atoms with Gasteiger partial charge in [0.1, 0.15) is 11.9 Å². The minimum atomic E-state index is -3.92. The van der Waals surface area contributed by atoms with Gasteiger partial charge < -0.3 is 14.8 Å². The Morgan fingerprint density at radius 2 is 1.91 bits per heavy atom. The fourth-order valence-corrected chi connectivity index (χ4v) is 2.96. The van der Waals surface area contributed by atoms with E-state index in [1.54, 1.807) is 14.2 Å². The topological polar surface area (TPSA) is 84.9 Å². The van der Waals surface area contributed by atoms with E-state index in [4.69, 9.17) is 14.0 Å². The lowest BCUT2D eigenvalue weighted by Gasteiger charge is -2.35. The van der Waals surface area contributed by atoms with E-state index in [1.165, 1.54) is 0 Å². The molecule has 6 nitrogen and oxygen atoms in total. The number of nitrogens with one attached hydrogen (secondary N) is 1. The minimum absolute atomic E-state index is 0.262. The van der Waals surface area contributed by atoms with Crippen LogP contribution in [0.3, 0.4) is 0 Å². The first kappa shape index (κ1) is 18.9. The molecule has 1 rings (SSSR count). The molecule has 0 spiro atoms. The van der Waals surface area contributed by atoms with Crippen LogP contribution in [0.5, 0.6) is 5.75 Å². The van der Waals surface area contributed by atoms with Gasteiger partial charge in [-0.25, -0.2) is 0 Å². The second kappa shape index (κ2) is 7.92. The van der Waals surface area contributed by atoms with Crippen molar-refractivity contribution in [3.8, 4) is 5.75 Å². The number of rotatable bonds is 9. The van der Waals surface area contributed by atoms with Gasteiger partial charge in [-0.2, -0.15) is 8.42 Å². The van der Waals surface area contributed by atoms with Gasteiger partial charge in [-0.1, -0.05) is 18.2 Å². The van der Waals surface area contributed by atoms with Gasteiger partial charge in [-0.3, -0.25) is 4.55 Å². The summed E-state index contributed by atoms with van der Waals surface area (Å²) in [5.41, 5.74) is 0.475. The van der Waals surface area contributed by atoms with Crippen LogP contribution in [0.1, 0.15) is 31.9 Å². The molecule has 0 aromatic heterocycles. The molecule has 1 unspecified atom stereocenters. The van der Waals surface area contributed by atoms with E-state index in [0.29, 0.717) is 13.0 Å². The van der Waals surface area contributed by atoms with Gasteiger partial charge >= 0.3 is 0 Å². The molecule has 2 N–H and O–H groups in total. The molecule has 0 aliphatic carbocycles. The van der Waals surface area contributed by atoms with E-state index in [2.05, 4.69) is 5.32 Å². The highest BCUT2D eigenvalue weighted by atomic mass is 32.2. The third-order valence-electron chi connectivity index (χ3n) is 3.47. The predicted octanol–water partition coefficient (Wildman–Crippen LogP) is 2.03. The number of hydrogen-bond acceptors (Lipinski definition) is 5. The molecule has 126 valence electrons. The van der Waals surface area contributed by atoms with Crippen LogP contribution in [0.15, 0.2) is 24.3 Å². The van der Waals surface area contributed by atoms with E-state index in [0.717, 1.165) is 11.3 Å². The summed E-state index contributed by atoms with van der Waals surface area (Å²) >= 11 is 0. The van der Waals surface area contributed by atoms with Crippen molar-refractivity contribution < 1.29 is 22.4 Å². The minimum Gasteiger partial charge on any atom is -0.496 e. The molecule has 0 saturated carbocycles. The average molecular weight is 331 g/mol. The molecule has 1 aromatic rings. The van der Waals surface area contributed by atoms with Crippen LogP contribution in [-0.4, -0.2) is 45.0 Å². The quantitative estimate of drug-likeness (QED) is 0.532. The lowest BCUT2D eigenvalue weighted by molar-refractivity contribution is 0.0297. The van der Waals surface area contributed by atoms with Gasteiger partial charge in [0.25, 0.3) is 10.1 Å². The SMILES string of the molecule is COc1ccccc1C(OC)C(C)(C)NCCCS(=O)(=O)O. The largest absolute Gasteiger partial charge is 0.496 e. The van der Waals surface area contributed by atoms with Gasteiger partial charge in [0, 0.05) is 18.2 Å². The Labute approximate surface area is 132 Å². The first-order valence-electron chi connectivity index (χ1n) is 7.07. The Kier molecular flexibility index (Phi) is 6.80. The lowest BCUT2D eigenvalue weighted by Crippen LogP contribution is -2.46. The maximum Gasteiger partial charge on any atom is 0.264 e. The monoisotopic (exact) mass is 331 g/mol. The fourth-order valence-electron chi connectivity index (χ4n) is 2.45. The highest BCUT2D eigenvalue weighted by Crippen LogP contribution is 2.34. The van der Waals surface area contributed by atoms with Crippen LogP contribution in [0.2, 0.25) is 0 Å². The molecular weight excluding hydrogens is 306 g/mol. The molecular formula is C15H25NO5S. The Balaban J connectivity index is 2.79. The summed E-state index contributed by atoms with van der Waals surface area (Å²) in [4.78, 5) is 0. The van der Waals surface area contributed by atoms with Crippen LogP contribution in [-0.2, 0) is 14.9 Å². The first-order chi connectivity index (χ1) is 10.2. The highest BCUT2D eigenvalue weighted by Gasteiger charge is 2.32. The average Bonchev–Trinajstić information content (AvgIpc) is 2.44. The number of para-hydroxylation sites is 1. The molecule has 7 heteroatoms. The Hall–Kier alpha value is -1.15. The van der Waals surface area contributed by atoms with Crippen molar-refractivity contribution in [2.75, 3.05) is 26.5 Å².